The molecule has 0 atom stereocenters. The Labute approximate surface area is 120 Å². The lowest BCUT2D eigenvalue weighted by Gasteiger charge is -2.12. The van der Waals surface area contributed by atoms with Crippen LogP contribution in [0.4, 0.5) is 5.82 Å². The molecule has 0 bridgehead atoms. The van der Waals surface area contributed by atoms with E-state index in [2.05, 4.69) is 35.2 Å². The van der Waals surface area contributed by atoms with Crippen molar-refractivity contribution in [1.29, 1.82) is 0 Å². The van der Waals surface area contributed by atoms with Crippen molar-refractivity contribution in [2.24, 2.45) is 0 Å². The van der Waals surface area contributed by atoms with E-state index < -0.39 is 0 Å². The van der Waals surface area contributed by atoms with E-state index in [0.717, 1.165) is 46.9 Å². The van der Waals surface area contributed by atoms with Gasteiger partial charge in [0.2, 0.25) is 0 Å². The van der Waals surface area contributed by atoms with Gasteiger partial charge in [-0.05, 0) is 43.5 Å². The summed E-state index contributed by atoms with van der Waals surface area (Å²) in [5.41, 5.74) is 4.21. The van der Waals surface area contributed by atoms with Crippen molar-refractivity contribution >= 4 is 5.82 Å². The molecule has 0 saturated heterocycles. The molecule has 2 aromatic rings. The van der Waals surface area contributed by atoms with Crippen LogP contribution in [0.2, 0.25) is 0 Å². The lowest BCUT2D eigenvalue weighted by molar-refractivity contribution is 0.411. The number of anilines is 1. The molecule has 0 aliphatic carbocycles. The molecule has 4 nitrogen and oxygen atoms in total. The van der Waals surface area contributed by atoms with Crippen molar-refractivity contribution in [3.63, 3.8) is 0 Å². The molecule has 1 heterocycles. The predicted octanol–water partition coefficient (Wildman–Crippen LogP) is 3.59. The number of methoxy groups -OCH3 is 1. The quantitative estimate of drug-likeness (QED) is 0.902. The van der Waals surface area contributed by atoms with Gasteiger partial charge in [-0.15, -0.1) is 0 Å². The van der Waals surface area contributed by atoms with E-state index in [9.17, 15) is 0 Å². The van der Waals surface area contributed by atoms with Gasteiger partial charge in [0.25, 0.3) is 0 Å². The molecule has 0 aliphatic rings. The Morgan fingerprint density at radius 2 is 1.95 bits per heavy atom. The van der Waals surface area contributed by atoms with Gasteiger partial charge >= 0.3 is 0 Å². The zero-order valence-corrected chi connectivity index (χ0v) is 12.5. The lowest BCUT2D eigenvalue weighted by Crippen LogP contribution is -2.03. The highest BCUT2D eigenvalue weighted by molar-refractivity contribution is 5.66. The average molecular weight is 271 g/mol. The van der Waals surface area contributed by atoms with Gasteiger partial charge in [-0.1, -0.05) is 6.92 Å². The maximum absolute atomic E-state index is 5.35. The first-order valence-corrected chi connectivity index (χ1v) is 6.87. The number of ether oxygens (including phenoxy) is 1. The van der Waals surface area contributed by atoms with E-state index in [0.29, 0.717) is 0 Å². The average Bonchev–Trinajstić information content (AvgIpc) is 2.47. The Bertz CT molecular complexity index is 596. The molecule has 0 saturated carbocycles. The molecule has 0 unspecified atom stereocenters. The number of hydrogen-bond donors (Lipinski definition) is 1. The van der Waals surface area contributed by atoms with Gasteiger partial charge in [0.15, 0.2) is 0 Å². The number of nitrogens with zero attached hydrogens (tertiary/aromatic N) is 2. The van der Waals surface area contributed by atoms with Crippen LogP contribution in [-0.2, 0) is 0 Å². The summed E-state index contributed by atoms with van der Waals surface area (Å²) in [7, 11) is 1.69. The smallest absolute Gasteiger partial charge is 0.145 e. The topological polar surface area (TPSA) is 47.0 Å². The van der Waals surface area contributed by atoms with Gasteiger partial charge in [0.05, 0.1) is 25.2 Å². The molecule has 106 valence electrons. The van der Waals surface area contributed by atoms with Crippen LogP contribution in [0.25, 0.3) is 11.3 Å². The standard InChI is InChI=1S/C16H21N3O/c1-5-6-18-16-10-17-9-14(19-16)13-7-12(3)15(20-4)8-11(13)2/h7-10H,5-6H2,1-4H3,(H,18,19). The number of benzene rings is 1. The number of rotatable bonds is 5. The van der Waals surface area contributed by atoms with E-state index >= 15 is 0 Å². The van der Waals surface area contributed by atoms with Crippen LogP contribution >= 0.6 is 0 Å². The number of aryl methyl sites for hydroxylation is 2. The fourth-order valence-electron chi connectivity index (χ4n) is 2.12. The Kier molecular flexibility index (Phi) is 4.56. The SMILES string of the molecule is CCCNc1cncc(-c2cc(C)c(OC)cc2C)n1. The summed E-state index contributed by atoms with van der Waals surface area (Å²) in [4.78, 5) is 8.89. The first-order chi connectivity index (χ1) is 9.65. The maximum Gasteiger partial charge on any atom is 0.145 e. The summed E-state index contributed by atoms with van der Waals surface area (Å²) in [5, 5.41) is 3.26. The van der Waals surface area contributed by atoms with Crippen molar-refractivity contribution in [3.8, 4) is 17.0 Å². The minimum Gasteiger partial charge on any atom is -0.496 e. The van der Waals surface area contributed by atoms with Gasteiger partial charge in [0, 0.05) is 12.1 Å². The zero-order chi connectivity index (χ0) is 14.5. The first-order valence-electron chi connectivity index (χ1n) is 6.87. The van der Waals surface area contributed by atoms with E-state index in [1.54, 1.807) is 19.5 Å². The normalized spacial score (nSPS) is 10.4. The second-order valence-corrected chi connectivity index (χ2v) is 4.85. The minimum atomic E-state index is 0.817. The molecule has 2 rings (SSSR count). The maximum atomic E-state index is 5.35. The van der Waals surface area contributed by atoms with E-state index in [1.165, 1.54) is 0 Å². The molecule has 4 heteroatoms. The molecule has 0 spiro atoms. The molecule has 20 heavy (non-hydrogen) atoms. The third-order valence-electron chi connectivity index (χ3n) is 3.21. The zero-order valence-electron chi connectivity index (χ0n) is 12.5. The molecule has 1 aromatic carbocycles. The number of aromatic nitrogens is 2. The van der Waals surface area contributed by atoms with Crippen molar-refractivity contribution in [1.82, 2.24) is 9.97 Å². The molecule has 1 N–H and O–H groups in total. The predicted molar refractivity (Wildman–Crippen MR) is 82.3 cm³/mol. The van der Waals surface area contributed by atoms with Crippen LogP contribution in [0.15, 0.2) is 24.5 Å². The van der Waals surface area contributed by atoms with Crippen LogP contribution in [0.3, 0.4) is 0 Å². The Morgan fingerprint density at radius 1 is 1.15 bits per heavy atom. The van der Waals surface area contributed by atoms with Crippen LogP contribution < -0.4 is 10.1 Å². The van der Waals surface area contributed by atoms with E-state index in [1.807, 2.05) is 13.0 Å². The van der Waals surface area contributed by atoms with Crippen molar-refractivity contribution < 1.29 is 4.74 Å². The monoisotopic (exact) mass is 271 g/mol. The summed E-state index contributed by atoms with van der Waals surface area (Å²) in [5.74, 6) is 1.72. The second-order valence-electron chi connectivity index (χ2n) is 4.85. The van der Waals surface area contributed by atoms with Crippen molar-refractivity contribution in [2.45, 2.75) is 27.2 Å². The summed E-state index contributed by atoms with van der Waals surface area (Å²) >= 11 is 0. The van der Waals surface area contributed by atoms with Gasteiger partial charge in [-0.25, -0.2) is 4.98 Å². The highest BCUT2D eigenvalue weighted by Crippen LogP contribution is 2.29. The number of nitrogens with one attached hydrogen (secondary N) is 1. The molecular weight excluding hydrogens is 250 g/mol. The first kappa shape index (κ1) is 14.3. The third-order valence-corrected chi connectivity index (χ3v) is 3.21. The van der Waals surface area contributed by atoms with E-state index in [4.69, 9.17) is 4.74 Å². The summed E-state index contributed by atoms with van der Waals surface area (Å²) in [6.07, 6.45) is 4.61. The Hall–Kier alpha value is -2.10. The van der Waals surface area contributed by atoms with Crippen LogP contribution in [0, 0.1) is 13.8 Å². The largest absolute Gasteiger partial charge is 0.496 e. The Balaban J connectivity index is 2.38. The molecular formula is C16H21N3O. The summed E-state index contributed by atoms with van der Waals surface area (Å²) < 4.78 is 5.35. The fraction of sp³-hybridized carbons (Fsp3) is 0.375. The number of hydrogen-bond acceptors (Lipinski definition) is 4. The highest BCUT2D eigenvalue weighted by atomic mass is 16.5. The summed E-state index contributed by atoms with van der Waals surface area (Å²) in [6.45, 7) is 7.12. The molecule has 0 amide bonds. The molecule has 1 aromatic heterocycles. The molecule has 0 radical (unpaired) electrons. The third kappa shape index (κ3) is 3.07. The van der Waals surface area contributed by atoms with Crippen molar-refractivity contribution in [2.75, 3.05) is 19.0 Å². The van der Waals surface area contributed by atoms with Crippen LogP contribution in [0.5, 0.6) is 5.75 Å². The van der Waals surface area contributed by atoms with Gasteiger partial charge in [-0.2, -0.15) is 0 Å². The van der Waals surface area contributed by atoms with Crippen LogP contribution in [-0.4, -0.2) is 23.6 Å². The molecule has 0 fully saturated rings. The summed E-state index contributed by atoms with van der Waals surface area (Å²) in [6, 6.07) is 4.14. The van der Waals surface area contributed by atoms with E-state index in [-0.39, 0.29) is 0 Å². The molecule has 0 aliphatic heterocycles. The second kappa shape index (κ2) is 6.37. The van der Waals surface area contributed by atoms with Gasteiger partial charge < -0.3 is 10.1 Å². The highest BCUT2D eigenvalue weighted by Gasteiger charge is 2.09. The minimum absolute atomic E-state index is 0.817. The Morgan fingerprint density at radius 3 is 2.65 bits per heavy atom. The fourth-order valence-corrected chi connectivity index (χ4v) is 2.12. The van der Waals surface area contributed by atoms with Gasteiger partial charge in [-0.3, -0.25) is 4.98 Å². The lowest BCUT2D eigenvalue weighted by atomic mass is 10.0. The van der Waals surface area contributed by atoms with Crippen LogP contribution in [0.1, 0.15) is 24.5 Å². The van der Waals surface area contributed by atoms with Crippen molar-refractivity contribution in [3.05, 3.63) is 35.7 Å². The van der Waals surface area contributed by atoms with Gasteiger partial charge in [0.1, 0.15) is 11.6 Å².